The average molecular weight is 542 g/mol. The fraction of sp³-hybridized carbons (Fsp3) is 0.207. The zero-order valence-electron chi connectivity index (χ0n) is 21.8. The molecular formula is C29H31N7O4. The van der Waals surface area contributed by atoms with Crippen LogP contribution in [-0.2, 0) is 17.6 Å². The van der Waals surface area contributed by atoms with Crippen molar-refractivity contribution in [2.45, 2.75) is 31.7 Å². The number of nitrogens with zero attached hydrogens (tertiary/aromatic N) is 2. The van der Waals surface area contributed by atoms with E-state index in [2.05, 4.69) is 20.6 Å². The molecule has 1 atom stereocenters. The van der Waals surface area contributed by atoms with Crippen LogP contribution in [0.2, 0.25) is 0 Å². The van der Waals surface area contributed by atoms with Gasteiger partial charge in [-0.3, -0.25) is 9.59 Å². The van der Waals surface area contributed by atoms with Crippen molar-refractivity contribution in [3.63, 3.8) is 0 Å². The van der Waals surface area contributed by atoms with Crippen molar-refractivity contribution in [1.82, 2.24) is 20.6 Å². The molecule has 0 saturated heterocycles. The number of hydrogen-bond acceptors (Lipinski definition) is 8. The van der Waals surface area contributed by atoms with E-state index in [4.69, 9.17) is 17.2 Å². The molecule has 0 aliphatic carbocycles. The Morgan fingerprint density at radius 2 is 1.43 bits per heavy atom. The second-order valence-electron chi connectivity index (χ2n) is 9.40. The van der Waals surface area contributed by atoms with E-state index >= 15 is 0 Å². The van der Waals surface area contributed by atoms with E-state index in [9.17, 15) is 19.5 Å². The Morgan fingerprint density at radius 1 is 0.800 bits per heavy atom. The Balaban J connectivity index is 1.26. The number of anilines is 3. The lowest BCUT2D eigenvalue weighted by atomic mass is 10.0. The summed E-state index contributed by atoms with van der Waals surface area (Å²) in [6.07, 6.45) is 2.00. The van der Waals surface area contributed by atoms with Crippen molar-refractivity contribution in [2.24, 2.45) is 0 Å². The first-order valence-corrected chi connectivity index (χ1v) is 12.8. The van der Waals surface area contributed by atoms with Crippen LogP contribution in [0.25, 0.3) is 10.9 Å². The van der Waals surface area contributed by atoms with Gasteiger partial charge in [0.05, 0.1) is 5.52 Å². The van der Waals surface area contributed by atoms with Gasteiger partial charge in [-0.2, -0.15) is 4.98 Å². The molecule has 0 radical (unpaired) electrons. The maximum Gasteiger partial charge on any atom is 0.326 e. The molecule has 11 heteroatoms. The third-order valence-corrected chi connectivity index (χ3v) is 6.46. The Bertz CT molecular complexity index is 1520. The number of nitrogens with two attached hydrogens (primary N) is 3. The van der Waals surface area contributed by atoms with Gasteiger partial charge in [-0.05, 0) is 85.3 Å². The summed E-state index contributed by atoms with van der Waals surface area (Å²) in [5, 5.41) is 15.6. The summed E-state index contributed by atoms with van der Waals surface area (Å²) in [5.74, 6) is -1.43. The highest BCUT2D eigenvalue weighted by molar-refractivity contribution is 5.96. The second-order valence-corrected chi connectivity index (χ2v) is 9.40. The first-order chi connectivity index (χ1) is 19.2. The minimum Gasteiger partial charge on any atom is -0.480 e. The van der Waals surface area contributed by atoms with Gasteiger partial charge in [0, 0.05) is 28.7 Å². The van der Waals surface area contributed by atoms with Crippen molar-refractivity contribution in [3.05, 3.63) is 89.0 Å². The summed E-state index contributed by atoms with van der Waals surface area (Å²) in [4.78, 5) is 44.8. The number of carbonyl (C=O) groups is 3. The van der Waals surface area contributed by atoms with Gasteiger partial charge in [0.15, 0.2) is 0 Å². The van der Waals surface area contributed by atoms with Crippen LogP contribution in [0, 0.1) is 0 Å². The average Bonchev–Trinajstić information content (AvgIpc) is 2.94. The Kier molecular flexibility index (Phi) is 8.75. The third kappa shape index (κ3) is 7.22. The molecule has 0 fully saturated rings. The molecule has 0 unspecified atom stereocenters. The van der Waals surface area contributed by atoms with Crippen LogP contribution in [-0.4, -0.2) is 45.4 Å². The number of benzene rings is 3. The normalized spacial score (nSPS) is 11.6. The molecule has 206 valence electrons. The van der Waals surface area contributed by atoms with E-state index in [0.717, 1.165) is 29.4 Å². The van der Waals surface area contributed by atoms with E-state index in [1.165, 1.54) is 0 Å². The van der Waals surface area contributed by atoms with E-state index in [1.807, 2.05) is 30.3 Å². The standard InChI is InChI=1S/C29H31N7O4/c30-21-12-10-19(11-13-21)26(37)33-15-1-2-24(28(39)40)34-27(38)20-8-5-17(6-9-20)3-4-18-7-14-23-22(16-18)25(31)36-29(32)35-23/h5-14,16,24H,1-4,15,30H2,(H,33,37)(H,34,38)(H,39,40)(H4,31,32,35,36)/t24-/m0/s1. The number of rotatable bonds is 11. The number of aromatic nitrogens is 2. The number of carboxylic acid groups (broad SMARTS) is 1. The highest BCUT2D eigenvalue weighted by Crippen LogP contribution is 2.21. The smallest absolute Gasteiger partial charge is 0.326 e. The highest BCUT2D eigenvalue weighted by Gasteiger charge is 2.20. The number of carbonyl (C=O) groups excluding carboxylic acids is 2. The molecule has 0 aliphatic heterocycles. The third-order valence-electron chi connectivity index (χ3n) is 6.46. The topological polar surface area (TPSA) is 199 Å². The van der Waals surface area contributed by atoms with Crippen LogP contribution >= 0.6 is 0 Å². The SMILES string of the molecule is Nc1ccc(C(=O)NCCC[C@H](NC(=O)c2ccc(CCc3ccc4nc(N)nc(N)c4c3)cc2)C(=O)O)cc1. The molecule has 11 nitrogen and oxygen atoms in total. The van der Waals surface area contributed by atoms with Gasteiger partial charge in [0.2, 0.25) is 5.95 Å². The van der Waals surface area contributed by atoms with Crippen molar-refractivity contribution in [3.8, 4) is 0 Å². The molecule has 2 amide bonds. The van der Waals surface area contributed by atoms with E-state index in [-0.39, 0.29) is 24.8 Å². The monoisotopic (exact) mass is 541 g/mol. The number of nitrogen functional groups attached to an aromatic ring is 3. The Labute approximate surface area is 230 Å². The van der Waals surface area contributed by atoms with Crippen molar-refractivity contribution >= 4 is 46.1 Å². The summed E-state index contributed by atoms with van der Waals surface area (Å²) in [5.41, 5.74) is 21.4. The minimum absolute atomic E-state index is 0.135. The van der Waals surface area contributed by atoms with E-state index in [1.54, 1.807) is 36.4 Å². The van der Waals surface area contributed by atoms with Crippen LogP contribution in [0.4, 0.5) is 17.5 Å². The number of carboxylic acids is 1. The molecule has 3 aromatic carbocycles. The molecule has 0 spiro atoms. The van der Waals surface area contributed by atoms with Gasteiger partial charge in [0.25, 0.3) is 11.8 Å². The van der Waals surface area contributed by atoms with Crippen molar-refractivity contribution in [2.75, 3.05) is 23.7 Å². The summed E-state index contributed by atoms with van der Waals surface area (Å²) >= 11 is 0. The molecule has 1 aromatic heterocycles. The predicted molar refractivity (Wildman–Crippen MR) is 154 cm³/mol. The lowest BCUT2D eigenvalue weighted by Gasteiger charge is -2.15. The van der Waals surface area contributed by atoms with Crippen LogP contribution in [0.3, 0.4) is 0 Å². The molecule has 0 bridgehead atoms. The summed E-state index contributed by atoms with van der Waals surface area (Å²) < 4.78 is 0. The van der Waals surface area contributed by atoms with Gasteiger partial charge >= 0.3 is 5.97 Å². The molecule has 40 heavy (non-hydrogen) atoms. The Morgan fingerprint density at radius 3 is 2.12 bits per heavy atom. The van der Waals surface area contributed by atoms with Crippen LogP contribution < -0.4 is 27.8 Å². The summed E-state index contributed by atoms with van der Waals surface area (Å²) in [6, 6.07) is 18.2. The fourth-order valence-electron chi connectivity index (χ4n) is 4.23. The lowest BCUT2D eigenvalue weighted by Crippen LogP contribution is -2.41. The quantitative estimate of drug-likeness (QED) is 0.122. The second kappa shape index (κ2) is 12.6. The number of fused-ring (bicyclic) bond motifs is 1. The Hall–Kier alpha value is -5.19. The zero-order chi connectivity index (χ0) is 28.6. The molecule has 4 rings (SSSR count). The number of hydrogen-bond donors (Lipinski definition) is 6. The van der Waals surface area contributed by atoms with E-state index in [0.29, 0.717) is 34.6 Å². The fourth-order valence-corrected chi connectivity index (χ4v) is 4.23. The first kappa shape index (κ1) is 27.8. The summed E-state index contributed by atoms with van der Waals surface area (Å²) in [6.45, 7) is 0.266. The van der Waals surface area contributed by atoms with Gasteiger partial charge in [-0.15, -0.1) is 0 Å². The lowest BCUT2D eigenvalue weighted by molar-refractivity contribution is -0.139. The largest absolute Gasteiger partial charge is 0.480 e. The molecule has 0 aliphatic rings. The van der Waals surface area contributed by atoms with Crippen LogP contribution in [0.15, 0.2) is 66.7 Å². The maximum absolute atomic E-state index is 12.7. The van der Waals surface area contributed by atoms with Gasteiger partial charge in [-0.1, -0.05) is 18.2 Å². The highest BCUT2D eigenvalue weighted by atomic mass is 16.4. The van der Waals surface area contributed by atoms with Crippen molar-refractivity contribution < 1.29 is 19.5 Å². The number of aliphatic carboxylic acids is 1. The van der Waals surface area contributed by atoms with Gasteiger partial charge in [0.1, 0.15) is 11.9 Å². The molecule has 0 saturated carbocycles. The molecular weight excluding hydrogens is 510 g/mol. The molecule has 1 heterocycles. The molecule has 9 N–H and O–H groups in total. The van der Waals surface area contributed by atoms with Crippen LogP contribution in [0.1, 0.15) is 44.7 Å². The zero-order valence-corrected chi connectivity index (χ0v) is 21.8. The van der Waals surface area contributed by atoms with Crippen LogP contribution in [0.5, 0.6) is 0 Å². The summed E-state index contributed by atoms with van der Waals surface area (Å²) in [7, 11) is 0. The maximum atomic E-state index is 12.7. The number of nitrogens with one attached hydrogen (secondary N) is 2. The first-order valence-electron chi connectivity index (χ1n) is 12.8. The van der Waals surface area contributed by atoms with Gasteiger partial charge in [-0.25, -0.2) is 9.78 Å². The molecule has 4 aromatic rings. The number of aryl methyl sites for hydroxylation is 2. The predicted octanol–water partition coefficient (Wildman–Crippen LogP) is 2.55. The number of amides is 2. The van der Waals surface area contributed by atoms with Gasteiger partial charge < -0.3 is 32.9 Å². The minimum atomic E-state index is -1.14. The van der Waals surface area contributed by atoms with E-state index < -0.39 is 17.9 Å². The van der Waals surface area contributed by atoms with Crippen molar-refractivity contribution in [1.29, 1.82) is 0 Å².